The van der Waals surface area contributed by atoms with Crippen molar-refractivity contribution < 1.29 is 0 Å². The predicted octanol–water partition coefficient (Wildman–Crippen LogP) is 6.72. The van der Waals surface area contributed by atoms with Crippen LogP contribution in [0.1, 0.15) is 39.5 Å². The standard InChI is InChI=1S/C27H29N5/c1-3-5-18-31-24-16-9-7-12-20(24)29-26(31)22-14-11-15-23(28-22)27-30-21-13-8-10-17-25(21)32(27)19-6-4-2/h7-17H,3-6,18-19H2,1-2H3. The van der Waals surface area contributed by atoms with Crippen LogP contribution in [0.2, 0.25) is 0 Å². The Labute approximate surface area is 188 Å². The van der Waals surface area contributed by atoms with E-state index in [2.05, 4.69) is 77.6 Å². The number of nitrogens with zero attached hydrogens (tertiary/aromatic N) is 5. The minimum atomic E-state index is 0.893. The average molecular weight is 424 g/mol. The molecule has 2 aromatic carbocycles. The van der Waals surface area contributed by atoms with Crippen LogP contribution in [0.15, 0.2) is 66.7 Å². The van der Waals surface area contributed by atoms with E-state index in [-0.39, 0.29) is 0 Å². The molecule has 5 heteroatoms. The van der Waals surface area contributed by atoms with Gasteiger partial charge in [-0.15, -0.1) is 0 Å². The number of para-hydroxylation sites is 4. The van der Waals surface area contributed by atoms with Gasteiger partial charge in [0.15, 0.2) is 11.6 Å². The number of pyridine rings is 1. The monoisotopic (exact) mass is 423 g/mol. The van der Waals surface area contributed by atoms with Crippen LogP contribution < -0.4 is 0 Å². The second kappa shape index (κ2) is 8.95. The van der Waals surface area contributed by atoms with Gasteiger partial charge in [-0.05, 0) is 49.2 Å². The van der Waals surface area contributed by atoms with Gasteiger partial charge in [0.05, 0.1) is 22.1 Å². The van der Waals surface area contributed by atoms with Crippen molar-refractivity contribution in [2.24, 2.45) is 0 Å². The first-order valence-electron chi connectivity index (χ1n) is 11.7. The van der Waals surface area contributed by atoms with Gasteiger partial charge in [0.2, 0.25) is 0 Å². The number of imidazole rings is 2. The molecule has 0 spiro atoms. The largest absolute Gasteiger partial charge is 0.323 e. The normalized spacial score (nSPS) is 11.6. The summed E-state index contributed by atoms with van der Waals surface area (Å²) in [4.78, 5) is 15.0. The molecule has 0 saturated heterocycles. The molecule has 0 aliphatic rings. The van der Waals surface area contributed by atoms with E-state index in [4.69, 9.17) is 15.0 Å². The van der Waals surface area contributed by atoms with E-state index in [9.17, 15) is 0 Å². The maximum atomic E-state index is 5.07. The van der Waals surface area contributed by atoms with Crippen LogP contribution in [-0.4, -0.2) is 24.1 Å². The highest BCUT2D eigenvalue weighted by Gasteiger charge is 2.17. The maximum Gasteiger partial charge on any atom is 0.159 e. The van der Waals surface area contributed by atoms with Crippen LogP contribution in [-0.2, 0) is 13.1 Å². The van der Waals surface area contributed by atoms with Gasteiger partial charge in [0.25, 0.3) is 0 Å². The molecule has 0 radical (unpaired) electrons. The van der Waals surface area contributed by atoms with Crippen molar-refractivity contribution in [1.82, 2.24) is 24.1 Å². The third-order valence-electron chi connectivity index (χ3n) is 5.99. The van der Waals surface area contributed by atoms with Crippen LogP contribution >= 0.6 is 0 Å². The molecule has 162 valence electrons. The number of fused-ring (bicyclic) bond motifs is 2. The molecule has 0 bridgehead atoms. The SMILES string of the molecule is CCCCn1c(-c2cccc(-c3nc4ccccc4n3CCCC)n2)nc2ccccc21. The number of aryl methyl sites for hydroxylation is 2. The van der Waals surface area contributed by atoms with Crippen molar-refractivity contribution in [3.8, 4) is 23.0 Å². The van der Waals surface area contributed by atoms with Crippen LogP contribution in [0.3, 0.4) is 0 Å². The lowest BCUT2D eigenvalue weighted by atomic mass is 10.2. The molecule has 3 heterocycles. The van der Waals surface area contributed by atoms with Crippen molar-refractivity contribution in [3.63, 3.8) is 0 Å². The van der Waals surface area contributed by atoms with E-state index >= 15 is 0 Å². The zero-order valence-electron chi connectivity index (χ0n) is 18.8. The quantitative estimate of drug-likeness (QED) is 0.278. The number of unbranched alkanes of at least 4 members (excludes halogenated alkanes) is 2. The van der Waals surface area contributed by atoms with Gasteiger partial charge < -0.3 is 9.13 Å². The number of aromatic nitrogens is 5. The Morgan fingerprint density at radius 2 is 1.03 bits per heavy atom. The van der Waals surface area contributed by atoms with Gasteiger partial charge >= 0.3 is 0 Å². The van der Waals surface area contributed by atoms with Crippen LogP contribution in [0.5, 0.6) is 0 Å². The van der Waals surface area contributed by atoms with Gasteiger partial charge in [-0.2, -0.15) is 0 Å². The van der Waals surface area contributed by atoms with Crippen molar-refractivity contribution in [2.45, 2.75) is 52.6 Å². The highest BCUT2D eigenvalue weighted by Crippen LogP contribution is 2.28. The Hall–Kier alpha value is -3.47. The number of benzene rings is 2. The Morgan fingerprint density at radius 3 is 1.50 bits per heavy atom. The summed E-state index contributed by atoms with van der Waals surface area (Å²) in [5.74, 6) is 1.86. The van der Waals surface area contributed by atoms with E-state index in [0.29, 0.717) is 0 Å². The van der Waals surface area contributed by atoms with Crippen LogP contribution in [0, 0.1) is 0 Å². The molecule has 0 N–H and O–H groups in total. The molecule has 5 rings (SSSR count). The summed E-state index contributed by atoms with van der Waals surface area (Å²) >= 11 is 0. The van der Waals surface area contributed by atoms with Gasteiger partial charge in [0.1, 0.15) is 11.4 Å². The Balaban J connectivity index is 1.64. The molecular weight excluding hydrogens is 394 g/mol. The van der Waals surface area contributed by atoms with E-state index in [1.165, 1.54) is 11.0 Å². The molecule has 32 heavy (non-hydrogen) atoms. The van der Waals surface area contributed by atoms with Crippen molar-refractivity contribution in [3.05, 3.63) is 66.7 Å². The molecule has 5 nitrogen and oxygen atoms in total. The lowest BCUT2D eigenvalue weighted by Gasteiger charge is -2.11. The molecule has 0 aliphatic heterocycles. The van der Waals surface area contributed by atoms with Crippen molar-refractivity contribution in [2.75, 3.05) is 0 Å². The average Bonchev–Trinajstić information content (AvgIpc) is 3.40. The summed E-state index contributed by atoms with van der Waals surface area (Å²) in [5, 5.41) is 0. The fraction of sp³-hybridized carbons (Fsp3) is 0.296. The number of hydrogen-bond acceptors (Lipinski definition) is 3. The number of hydrogen-bond donors (Lipinski definition) is 0. The van der Waals surface area contributed by atoms with Crippen LogP contribution in [0.25, 0.3) is 45.1 Å². The zero-order valence-corrected chi connectivity index (χ0v) is 18.8. The molecule has 0 fully saturated rings. The molecule has 0 aliphatic carbocycles. The molecule has 0 amide bonds. The van der Waals surface area contributed by atoms with Crippen molar-refractivity contribution >= 4 is 22.1 Å². The van der Waals surface area contributed by atoms with Crippen LogP contribution in [0.4, 0.5) is 0 Å². The smallest absolute Gasteiger partial charge is 0.159 e. The summed E-state index contributed by atoms with van der Waals surface area (Å²) < 4.78 is 4.62. The third-order valence-corrected chi connectivity index (χ3v) is 5.99. The molecule has 0 unspecified atom stereocenters. The highest BCUT2D eigenvalue weighted by molar-refractivity contribution is 5.82. The lowest BCUT2D eigenvalue weighted by Crippen LogP contribution is -2.04. The Kier molecular flexibility index (Phi) is 5.71. The van der Waals surface area contributed by atoms with E-state index in [0.717, 1.165) is 72.8 Å². The minimum absolute atomic E-state index is 0.893. The summed E-state index contributed by atoms with van der Waals surface area (Å²) in [6.45, 7) is 6.32. The van der Waals surface area contributed by atoms with Crippen molar-refractivity contribution in [1.29, 1.82) is 0 Å². The Bertz CT molecular complexity index is 1260. The third kappa shape index (κ3) is 3.68. The van der Waals surface area contributed by atoms with Gasteiger partial charge in [-0.25, -0.2) is 15.0 Å². The first-order valence-corrected chi connectivity index (χ1v) is 11.7. The molecule has 5 aromatic rings. The predicted molar refractivity (Wildman–Crippen MR) is 132 cm³/mol. The fourth-order valence-electron chi connectivity index (χ4n) is 4.31. The van der Waals surface area contributed by atoms with Gasteiger partial charge in [-0.3, -0.25) is 0 Å². The second-order valence-electron chi connectivity index (χ2n) is 8.27. The summed E-state index contributed by atoms with van der Waals surface area (Å²) in [5.41, 5.74) is 6.14. The second-order valence-corrected chi connectivity index (χ2v) is 8.27. The summed E-state index contributed by atoms with van der Waals surface area (Å²) in [6, 6.07) is 22.9. The fourth-order valence-corrected chi connectivity index (χ4v) is 4.31. The minimum Gasteiger partial charge on any atom is -0.323 e. The first-order chi connectivity index (χ1) is 15.8. The van der Waals surface area contributed by atoms with Gasteiger partial charge in [0, 0.05) is 13.1 Å². The summed E-state index contributed by atoms with van der Waals surface area (Å²) in [6.07, 6.45) is 4.50. The topological polar surface area (TPSA) is 48.5 Å². The van der Waals surface area contributed by atoms with E-state index < -0.39 is 0 Å². The van der Waals surface area contributed by atoms with E-state index in [1.54, 1.807) is 0 Å². The zero-order chi connectivity index (χ0) is 21.9. The molecule has 0 atom stereocenters. The highest BCUT2D eigenvalue weighted by atomic mass is 15.1. The molecular formula is C27H29N5. The maximum absolute atomic E-state index is 5.07. The van der Waals surface area contributed by atoms with Gasteiger partial charge in [-0.1, -0.05) is 57.0 Å². The first kappa shape index (κ1) is 20.4. The molecule has 0 saturated carbocycles. The Morgan fingerprint density at radius 1 is 0.562 bits per heavy atom. The number of rotatable bonds is 8. The lowest BCUT2D eigenvalue weighted by molar-refractivity contribution is 0.648. The summed E-state index contributed by atoms with van der Waals surface area (Å²) in [7, 11) is 0. The van der Waals surface area contributed by atoms with E-state index in [1.807, 2.05) is 12.1 Å². The molecule has 3 aromatic heterocycles.